The Kier molecular flexibility index (Phi) is 3.81. The van der Waals surface area contributed by atoms with Gasteiger partial charge < -0.3 is 5.73 Å². The molecule has 1 aromatic carbocycles. The highest BCUT2D eigenvalue weighted by Gasteiger charge is 2.18. The first-order chi connectivity index (χ1) is 10.3. The van der Waals surface area contributed by atoms with E-state index in [9.17, 15) is 8.42 Å². The van der Waals surface area contributed by atoms with Crippen LogP contribution >= 0.6 is 38.5 Å². The van der Waals surface area contributed by atoms with Gasteiger partial charge in [-0.3, -0.25) is 0 Å². The molecule has 114 valence electrons. The quantitative estimate of drug-likeness (QED) is 0.537. The van der Waals surface area contributed by atoms with Crippen LogP contribution in [0.2, 0.25) is 0 Å². The van der Waals surface area contributed by atoms with Crippen molar-refractivity contribution >= 4 is 60.1 Å². The Morgan fingerprint density at radius 2 is 2.00 bits per heavy atom. The first kappa shape index (κ1) is 15.6. The molecule has 2 N–H and O–H groups in total. The fourth-order valence-corrected chi connectivity index (χ4v) is 3.16. The van der Waals surface area contributed by atoms with Crippen LogP contribution in [0.1, 0.15) is 0 Å². The van der Waals surface area contributed by atoms with Crippen molar-refractivity contribution in [2.24, 2.45) is 0 Å². The molecule has 2 heterocycles. The highest BCUT2D eigenvalue weighted by Crippen LogP contribution is 2.28. The van der Waals surface area contributed by atoms with Crippen molar-refractivity contribution in [2.45, 2.75) is 5.16 Å². The molecule has 0 saturated heterocycles. The van der Waals surface area contributed by atoms with E-state index >= 15 is 0 Å². The summed E-state index contributed by atoms with van der Waals surface area (Å²) in [7, 11) is -3.58. The van der Waals surface area contributed by atoms with Gasteiger partial charge in [-0.2, -0.15) is 19.5 Å². The molecular weight excluding hydrogens is 487 g/mol. The number of hydrogen-bond acceptors (Lipinski definition) is 7. The van der Waals surface area contributed by atoms with Crippen LogP contribution in [0.3, 0.4) is 0 Å². The molecule has 8 nitrogen and oxygen atoms in total. The van der Waals surface area contributed by atoms with Crippen molar-refractivity contribution in [1.82, 2.24) is 24.6 Å². The summed E-state index contributed by atoms with van der Waals surface area (Å²) in [6, 6.07) is 5.69. The third-order valence-electron chi connectivity index (χ3n) is 2.71. The number of sulfone groups is 1. The van der Waals surface area contributed by atoms with E-state index in [1.165, 1.54) is 4.52 Å². The Balaban J connectivity index is 2.26. The topological polar surface area (TPSA) is 116 Å². The number of nitrogens with zero attached hydrogens (tertiary/aromatic N) is 5. The molecule has 2 aromatic heterocycles. The van der Waals surface area contributed by atoms with Gasteiger partial charge in [0.05, 0.1) is 0 Å². The predicted octanol–water partition coefficient (Wildman–Crippen LogP) is 1.54. The van der Waals surface area contributed by atoms with Crippen LogP contribution in [-0.2, 0) is 9.84 Å². The Hall–Kier alpha value is -1.34. The molecule has 0 radical (unpaired) electrons. The number of nitrogen functional groups attached to an aromatic ring is 1. The van der Waals surface area contributed by atoms with Gasteiger partial charge >= 0.3 is 0 Å². The van der Waals surface area contributed by atoms with E-state index in [2.05, 4.69) is 58.6 Å². The molecule has 0 unspecified atom stereocenters. The van der Waals surface area contributed by atoms with Crippen LogP contribution in [0.5, 0.6) is 0 Å². The average molecular weight is 495 g/mol. The van der Waals surface area contributed by atoms with Gasteiger partial charge in [-0.1, -0.05) is 15.9 Å². The average Bonchev–Trinajstić information content (AvgIpc) is 2.85. The van der Waals surface area contributed by atoms with Crippen molar-refractivity contribution in [2.75, 3.05) is 12.0 Å². The molecule has 0 aliphatic carbocycles. The molecule has 0 bridgehead atoms. The van der Waals surface area contributed by atoms with Crippen LogP contribution in [0.4, 0.5) is 5.95 Å². The van der Waals surface area contributed by atoms with E-state index in [1.807, 2.05) is 18.2 Å². The number of rotatable bonds is 2. The lowest BCUT2D eigenvalue weighted by molar-refractivity contribution is 0.592. The van der Waals surface area contributed by atoms with Gasteiger partial charge in [0, 0.05) is 19.9 Å². The first-order valence-corrected chi connectivity index (χ1v) is 9.58. The summed E-state index contributed by atoms with van der Waals surface area (Å²) in [6.45, 7) is 0. The van der Waals surface area contributed by atoms with Crippen molar-refractivity contribution in [3.8, 4) is 11.4 Å². The maximum absolute atomic E-state index is 11.6. The SMILES string of the molecule is CS(=O)(=O)c1nc(N)n2nc(-c3cc(I)ccc3Br)nc2n1. The van der Waals surface area contributed by atoms with E-state index in [1.54, 1.807) is 0 Å². The summed E-state index contributed by atoms with van der Waals surface area (Å²) in [5.41, 5.74) is 6.49. The van der Waals surface area contributed by atoms with E-state index in [-0.39, 0.29) is 16.9 Å². The van der Waals surface area contributed by atoms with Crippen molar-refractivity contribution in [3.63, 3.8) is 0 Å². The Morgan fingerprint density at radius 1 is 1.27 bits per heavy atom. The molecule has 0 aliphatic heterocycles. The summed E-state index contributed by atoms with van der Waals surface area (Å²) in [4.78, 5) is 11.9. The van der Waals surface area contributed by atoms with Gasteiger partial charge in [0.2, 0.25) is 15.8 Å². The van der Waals surface area contributed by atoms with Crippen LogP contribution in [0, 0.1) is 3.57 Å². The van der Waals surface area contributed by atoms with Gasteiger partial charge in [-0.05, 0) is 40.8 Å². The zero-order chi connectivity index (χ0) is 16.1. The second-order valence-corrected chi connectivity index (χ2v) is 8.42. The standard InChI is InChI=1S/C11H8BrIN6O2S/c1-22(20,21)11-16-9(14)19-10(17-11)15-8(18-19)6-4-5(13)2-3-7(6)12/h2-4H,1H3,(H2,14,15,16,17,18). The smallest absolute Gasteiger partial charge is 0.258 e. The van der Waals surface area contributed by atoms with Gasteiger partial charge in [-0.15, -0.1) is 5.10 Å². The van der Waals surface area contributed by atoms with Crippen LogP contribution < -0.4 is 5.73 Å². The highest BCUT2D eigenvalue weighted by atomic mass is 127. The van der Waals surface area contributed by atoms with Gasteiger partial charge in [0.15, 0.2) is 5.82 Å². The zero-order valence-corrected chi connectivity index (χ0v) is 15.6. The summed E-state index contributed by atoms with van der Waals surface area (Å²) in [5, 5.41) is 3.86. The molecule has 22 heavy (non-hydrogen) atoms. The minimum absolute atomic E-state index is 0.0775. The summed E-state index contributed by atoms with van der Waals surface area (Å²) >= 11 is 5.61. The minimum atomic E-state index is -3.58. The molecule has 3 aromatic rings. The number of halogens is 2. The summed E-state index contributed by atoms with van der Waals surface area (Å²) in [6.07, 6.45) is 1.01. The summed E-state index contributed by atoms with van der Waals surface area (Å²) in [5.74, 6) is 0.358. The third-order valence-corrected chi connectivity index (χ3v) is 4.92. The number of anilines is 1. The van der Waals surface area contributed by atoms with E-state index in [0.29, 0.717) is 5.82 Å². The molecular formula is C11H8BrIN6O2S. The Morgan fingerprint density at radius 3 is 2.68 bits per heavy atom. The first-order valence-electron chi connectivity index (χ1n) is 5.81. The lowest BCUT2D eigenvalue weighted by Gasteiger charge is -2.00. The number of nitrogens with two attached hydrogens (primary N) is 1. The monoisotopic (exact) mass is 494 g/mol. The Labute approximate surface area is 147 Å². The summed E-state index contributed by atoms with van der Waals surface area (Å²) < 4.78 is 26.1. The molecule has 0 amide bonds. The van der Waals surface area contributed by atoms with Gasteiger partial charge in [0.1, 0.15) is 0 Å². The molecule has 0 aliphatic rings. The molecule has 0 atom stereocenters. The number of hydrogen-bond donors (Lipinski definition) is 1. The largest absolute Gasteiger partial charge is 0.368 e. The van der Waals surface area contributed by atoms with E-state index in [0.717, 1.165) is 19.9 Å². The lowest BCUT2D eigenvalue weighted by Crippen LogP contribution is -2.11. The lowest BCUT2D eigenvalue weighted by atomic mass is 10.2. The second kappa shape index (κ2) is 5.38. The molecule has 3 rings (SSSR count). The molecule has 0 saturated carbocycles. The van der Waals surface area contributed by atoms with Crippen molar-refractivity contribution in [1.29, 1.82) is 0 Å². The normalized spacial score (nSPS) is 12.0. The van der Waals surface area contributed by atoms with Crippen molar-refractivity contribution in [3.05, 3.63) is 26.2 Å². The Bertz CT molecular complexity index is 1000. The fourth-order valence-electron chi connectivity index (χ4n) is 1.73. The molecule has 0 spiro atoms. The van der Waals surface area contributed by atoms with Gasteiger partial charge in [-0.25, -0.2) is 8.42 Å². The minimum Gasteiger partial charge on any atom is -0.368 e. The second-order valence-electron chi connectivity index (χ2n) is 4.41. The highest BCUT2D eigenvalue weighted by molar-refractivity contribution is 14.1. The maximum Gasteiger partial charge on any atom is 0.258 e. The third kappa shape index (κ3) is 2.79. The van der Waals surface area contributed by atoms with Crippen LogP contribution in [0.15, 0.2) is 27.8 Å². The maximum atomic E-state index is 11.6. The van der Waals surface area contributed by atoms with E-state index < -0.39 is 9.84 Å². The van der Waals surface area contributed by atoms with Crippen molar-refractivity contribution < 1.29 is 8.42 Å². The fraction of sp³-hybridized carbons (Fsp3) is 0.0909. The van der Waals surface area contributed by atoms with Crippen LogP contribution in [-0.4, -0.2) is 39.2 Å². The van der Waals surface area contributed by atoms with Gasteiger partial charge in [0.25, 0.3) is 10.9 Å². The number of benzene rings is 1. The van der Waals surface area contributed by atoms with Crippen LogP contribution in [0.25, 0.3) is 17.2 Å². The number of fused-ring (bicyclic) bond motifs is 1. The number of aromatic nitrogens is 5. The predicted molar refractivity (Wildman–Crippen MR) is 92.0 cm³/mol. The van der Waals surface area contributed by atoms with E-state index in [4.69, 9.17) is 5.73 Å². The molecule has 0 fully saturated rings. The zero-order valence-electron chi connectivity index (χ0n) is 11.0. The molecule has 11 heteroatoms.